The number of rotatable bonds is 9. The number of halogens is 2. The number of carbonyl (C=O) groups excluding carboxylic acids is 2. The molecule has 1 unspecified atom stereocenters. The maximum absolute atomic E-state index is 13.1. The Morgan fingerprint density at radius 2 is 1.73 bits per heavy atom. The van der Waals surface area contributed by atoms with Gasteiger partial charge in [0, 0.05) is 30.5 Å². The molecule has 0 spiro atoms. The van der Waals surface area contributed by atoms with E-state index in [9.17, 15) is 26.8 Å². The van der Waals surface area contributed by atoms with Crippen LogP contribution in [0.4, 0.5) is 14.5 Å². The second kappa shape index (κ2) is 10.2. The van der Waals surface area contributed by atoms with E-state index in [0.29, 0.717) is 0 Å². The molecule has 1 atom stereocenters. The first-order chi connectivity index (χ1) is 14.1. The van der Waals surface area contributed by atoms with E-state index in [0.717, 1.165) is 12.1 Å². The first-order valence-corrected chi connectivity index (χ1v) is 10.2. The summed E-state index contributed by atoms with van der Waals surface area (Å²) in [6, 6.07) is 7.56. The summed E-state index contributed by atoms with van der Waals surface area (Å²) in [5, 5.41) is 4.67. The lowest BCUT2D eigenvalue weighted by atomic mass is 10.2. The number of nitrogens with one attached hydrogen (secondary N) is 3. The van der Waals surface area contributed by atoms with Gasteiger partial charge in [0.2, 0.25) is 15.9 Å². The minimum absolute atomic E-state index is 0.0296. The van der Waals surface area contributed by atoms with Crippen molar-refractivity contribution in [2.75, 3.05) is 25.6 Å². The number of hydrogen-bond acceptors (Lipinski definition) is 5. The van der Waals surface area contributed by atoms with Crippen molar-refractivity contribution in [2.45, 2.75) is 17.9 Å². The molecule has 0 aliphatic rings. The van der Waals surface area contributed by atoms with E-state index in [1.807, 2.05) is 0 Å². The second-order valence-electron chi connectivity index (χ2n) is 6.36. The summed E-state index contributed by atoms with van der Waals surface area (Å²) in [5.74, 6) is -3.42. The van der Waals surface area contributed by atoms with Crippen LogP contribution in [0.2, 0.25) is 0 Å². The number of carbonyl (C=O) groups is 2. The summed E-state index contributed by atoms with van der Waals surface area (Å²) in [7, 11) is -2.32. The van der Waals surface area contributed by atoms with Gasteiger partial charge in [-0.15, -0.1) is 0 Å². The molecule has 2 aromatic rings. The third kappa shape index (κ3) is 6.58. The minimum atomic E-state index is -3.77. The maximum Gasteiger partial charge on any atom is 0.251 e. The number of ether oxygens (including phenoxy) is 1. The number of amides is 2. The Bertz CT molecular complexity index is 1010. The lowest BCUT2D eigenvalue weighted by Crippen LogP contribution is -2.35. The summed E-state index contributed by atoms with van der Waals surface area (Å²) in [6.07, 6.45) is 0. The summed E-state index contributed by atoms with van der Waals surface area (Å²) < 4.78 is 57.9. The molecule has 3 N–H and O–H groups in total. The van der Waals surface area contributed by atoms with E-state index in [1.165, 1.54) is 37.4 Å². The fraction of sp³-hybridized carbons (Fsp3) is 0.263. The zero-order valence-corrected chi connectivity index (χ0v) is 17.1. The van der Waals surface area contributed by atoms with Gasteiger partial charge >= 0.3 is 0 Å². The Morgan fingerprint density at radius 1 is 1.07 bits per heavy atom. The second-order valence-corrected chi connectivity index (χ2v) is 8.08. The third-order valence-electron chi connectivity index (χ3n) is 3.81. The van der Waals surface area contributed by atoms with E-state index in [1.54, 1.807) is 6.92 Å². The van der Waals surface area contributed by atoms with Gasteiger partial charge in [0.25, 0.3) is 5.91 Å². The molecule has 0 bridgehead atoms. The average Bonchev–Trinajstić information content (AvgIpc) is 2.69. The smallest absolute Gasteiger partial charge is 0.251 e. The van der Waals surface area contributed by atoms with E-state index in [4.69, 9.17) is 4.74 Å². The van der Waals surface area contributed by atoms with Crippen molar-refractivity contribution in [3.05, 3.63) is 59.7 Å². The Balaban J connectivity index is 1.92. The van der Waals surface area contributed by atoms with Gasteiger partial charge in [-0.05, 0) is 43.3 Å². The molecule has 2 amide bonds. The summed E-state index contributed by atoms with van der Waals surface area (Å²) in [4.78, 5) is 24.0. The molecule has 0 saturated heterocycles. The zero-order valence-electron chi connectivity index (χ0n) is 16.2. The van der Waals surface area contributed by atoms with Crippen molar-refractivity contribution >= 4 is 27.5 Å². The predicted molar refractivity (Wildman–Crippen MR) is 105 cm³/mol. The van der Waals surface area contributed by atoms with Crippen LogP contribution in [0.15, 0.2) is 47.4 Å². The van der Waals surface area contributed by atoms with Crippen LogP contribution < -0.4 is 15.4 Å². The van der Waals surface area contributed by atoms with E-state index in [-0.39, 0.29) is 22.8 Å². The lowest BCUT2D eigenvalue weighted by molar-refractivity contribution is -0.115. The van der Waals surface area contributed by atoms with Crippen LogP contribution in [0.1, 0.15) is 17.3 Å². The average molecular weight is 441 g/mol. The van der Waals surface area contributed by atoms with E-state index >= 15 is 0 Å². The number of sulfonamides is 1. The normalized spacial score (nSPS) is 12.3. The highest BCUT2D eigenvalue weighted by atomic mass is 32.2. The monoisotopic (exact) mass is 441 g/mol. The Labute approximate surface area is 172 Å². The molecule has 0 saturated carbocycles. The van der Waals surface area contributed by atoms with Gasteiger partial charge < -0.3 is 15.4 Å². The van der Waals surface area contributed by atoms with Crippen LogP contribution in [0, 0.1) is 11.6 Å². The van der Waals surface area contributed by atoms with Gasteiger partial charge in [0.1, 0.15) is 0 Å². The molecule has 2 aromatic carbocycles. The molecule has 0 heterocycles. The van der Waals surface area contributed by atoms with Crippen molar-refractivity contribution in [1.29, 1.82) is 0 Å². The minimum Gasteiger partial charge on any atom is -0.383 e. The van der Waals surface area contributed by atoms with Crippen LogP contribution >= 0.6 is 0 Å². The van der Waals surface area contributed by atoms with Crippen LogP contribution in [0.5, 0.6) is 0 Å². The largest absolute Gasteiger partial charge is 0.383 e. The third-order valence-corrected chi connectivity index (χ3v) is 5.42. The van der Waals surface area contributed by atoms with Gasteiger partial charge in [-0.3, -0.25) is 9.59 Å². The Morgan fingerprint density at radius 3 is 2.33 bits per heavy atom. The van der Waals surface area contributed by atoms with Crippen molar-refractivity contribution in [3.63, 3.8) is 0 Å². The molecule has 0 aliphatic heterocycles. The highest BCUT2D eigenvalue weighted by Gasteiger charge is 2.18. The number of hydrogen-bond donors (Lipinski definition) is 3. The van der Waals surface area contributed by atoms with Crippen molar-refractivity contribution in [3.8, 4) is 0 Å². The van der Waals surface area contributed by atoms with Gasteiger partial charge in [-0.1, -0.05) is 0 Å². The van der Waals surface area contributed by atoms with Crippen LogP contribution in [-0.4, -0.2) is 46.5 Å². The molecule has 0 fully saturated rings. The molecule has 0 aliphatic carbocycles. The summed E-state index contributed by atoms with van der Waals surface area (Å²) in [6.45, 7) is 1.43. The SMILES string of the molecule is COCC(C)NS(=O)(=O)c1ccc(C(=O)NCC(=O)Nc2ccc(F)c(F)c2)cc1. The van der Waals surface area contributed by atoms with Gasteiger partial charge in [0.15, 0.2) is 11.6 Å². The number of methoxy groups -OCH3 is 1. The molecule has 8 nitrogen and oxygen atoms in total. The van der Waals surface area contributed by atoms with Crippen LogP contribution in [0.3, 0.4) is 0 Å². The standard InChI is InChI=1S/C19H21F2N3O5S/c1-12(11-29-2)24-30(27,28)15-6-3-13(4-7-15)19(26)22-10-18(25)23-14-5-8-16(20)17(21)9-14/h3-9,12,24H,10-11H2,1-2H3,(H,22,26)(H,23,25). The molecular formula is C19H21F2N3O5S. The highest BCUT2D eigenvalue weighted by molar-refractivity contribution is 7.89. The maximum atomic E-state index is 13.1. The molecule has 0 aromatic heterocycles. The first-order valence-electron chi connectivity index (χ1n) is 8.77. The van der Waals surface area contributed by atoms with E-state index < -0.39 is 46.1 Å². The van der Waals surface area contributed by atoms with Gasteiger partial charge in [0.05, 0.1) is 18.0 Å². The molecule has 2 rings (SSSR count). The quantitative estimate of drug-likeness (QED) is 0.548. The Kier molecular flexibility index (Phi) is 7.98. The van der Waals surface area contributed by atoms with Crippen LogP contribution in [-0.2, 0) is 19.6 Å². The summed E-state index contributed by atoms with van der Waals surface area (Å²) in [5.41, 5.74) is 0.178. The molecule has 0 radical (unpaired) electrons. The number of anilines is 1. The fourth-order valence-corrected chi connectivity index (χ4v) is 3.67. The van der Waals surface area contributed by atoms with Crippen molar-refractivity contribution < 1.29 is 31.5 Å². The Hall–Kier alpha value is -2.89. The molecule has 11 heteroatoms. The topological polar surface area (TPSA) is 114 Å². The summed E-state index contributed by atoms with van der Waals surface area (Å²) >= 11 is 0. The van der Waals surface area contributed by atoms with Gasteiger partial charge in [-0.2, -0.15) is 0 Å². The highest BCUT2D eigenvalue weighted by Crippen LogP contribution is 2.13. The van der Waals surface area contributed by atoms with Crippen LogP contribution in [0.25, 0.3) is 0 Å². The lowest BCUT2D eigenvalue weighted by Gasteiger charge is -2.13. The molecular weight excluding hydrogens is 420 g/mol. The van der Waals surface area contributed by atoms with Crippen molar-refractivity contribution in [2.24, 2.45) is 0 Å². The molecule has 30 heavy (non-hydrogen) atoms. The van der Waals surface area contributed by atoms with E-state index in [2.05, 4.69) is 15.4 Å². The number of benzene rings is 2. The van der Waals surface area contributed by atoms with Gasteiger partial charge in [-0.25, -0.2) is 21.9 Å². The molecule has 162 valence electrons. The zero-order chi connectivity index (χ0) is 22.3. The van der Waals surface area contributed by atoms with Crippen molar-refractivity contribution in [1.82, 2.24) is 10.0 Å². The first kappa shape index (κ1) is 23.4. The predicted octanol–water partition coefficient (Wildman–Crippen LogP) is 1.65. The fourth-order valence-electron chi connectivity index (χ4n) is 2.44.